The summed E-state index contributed by atoms with van der Waals surface area (Å²) in [5.74, 6) is 0.455. The van der Waals surface area contributed by atoms with Crippen molar-refractivity contribution in [1.29, 1.82) is 0 Å². The second kappa shape index (κ2) is 7.91. The third kappa shape index (κ3) is 5.05. The van der Waals surface area contributed by atoms with Crippen LogP contribution in [0.15, 0.2) is 29.4 Å². The minimum atomic E-state index is -3.35. The van der Waals surface area contributed by atoms with E-state index >= 15 is 0 Å². The van der Waals surface area contributed by atoms with E-state index in [-0.39, 0.29) is 17.0 Å². The lowest BCUT2D eigenvalue weighted by Gasteiger charge is -2.31. The Hall–Kier alpha value is -2.20. The highest BCUT2D eigenvalue weighted by atomic mass is 32.2. The fourth-order valence-corrected chi connectivity index (χ4v) is 5.02. The molecule has 1 saturated carbocycles. The zero-order valence-corrected chi connectivity index (χ0v) is 18.4. The van der Waals surface area contributed by atoms with Crippen LogP contribution in [-0.4, -0.2) is 46.3 Å². The van der Waals surface area contributed by atoms with Crippen LogP contribution < -0.4 is 4.72 Å². The Labute approximate surface area is 174 Å². The van der Waals surface area contributed by atoms with E-state index in [9.17, 15) is 18.0 Å². The predicted octanol–water partition coefficient (Wildman–Crippen LogP) is 2.76. The zero-order valence-electron chi connectivity index (χ0n) is 16.8. The number of sulfonamides is 1. The van der Waals surface area contributed by atoms with Crippen molar-refractivity contribution in [2.75, 3.05) is 11.0 Å². The molecule has 0 atom stereocenters. The lowest BCUT2D eigenvalue weighted by molar-refractivity contribution is -0.132. The molecule has 0 amide bonds. The van der Waals surface area contributed by atoms with Gasteiger partial charge in [-0.2, -0.15) is 0 Å². The molecule has 8 nitrogen and oxygen atoms in total. The molecule has 0 saturated heterocycles. The van der Waals surface area contributed by atoms with Gasteiger partial charge in [-0.3, -0.25) is 14.3 Å². The van der Waals surface area contributed by atoms with E-state index in [1.165, 1.54) is 0 Å². The summed E-state index contributed by atoms with van der Waals surface area (Å²) in [7, 11) is -3.35. The van der Waals surface area contributed by atoms with Crippen LogP contribution in [-0.2, 0) is 26.2 Å². The molecule has 1 aliphatic rings. The molecule has 0 radical (unpaired) electrons. The highest BCUT2D eigenvalue weighted by molar-refractivity contribution is 8.01. The largest absolute Gasteiger partial charge is 0.302 e. The maximum Gasteiger partial charge on any atom is 0.229 e. The number of anilines is 1. The van der Waals surface area contributed by atoms with Gasteiger partial charge in [0.1, 0.15) is 5.25 Å². The van der Waals surface area contributed by atoms with E-state index in [0.29, 0.717) is 36.1 Å². The summed E-state index contributed by atoms with van der Waals surface area (Å²) >= 11 is 1.16. The number of hydrogen-bond acceptors (Lipinski definition) is 7. The molecule has 1 aromatic carbocycles. The molecule has 3 rings (SSSR count). The summed E-state index contributed by atoms with van der Waals surface area (Å²) in [6, 6.07) is 6.79. The number of Topliss-reactive ketones (excluding diaryl/α,β-unsaturated/α-hetero) is 2. The average Bonchev–Trinajstić information content (AvgIpc) is 2.99. The second-order valence-corrected chi connectivity index (χ2v) is 10.8. The van der Waals surface area contributed by atoms with Crippen molar-refractivity contribution in [1.82, 2.24) is 14.8 Å². The van der Waals surface area contributed by atoms with Gasteiger partial charge in [0, 0.05) is 30.6 Å². The first kappa shape index (κ1) is 21.5. The van der Waals surface area contributed by atoms with Crippen molar-refractivity contribution in [2.24, 2.45) is 5.41 Å². The molecule has 0 unspecified atom stereocenters. The maximum absolute atomic E-state index is 12.5. The minimum absolute atomic E-state index is 0.0698. The predicted molar refractivity (Wildman–Crippen MR) is 112 cm³/mol. The van der Waals surface area contributed by atoms with Crippen LogP contribution >= 0.6 is 11.8 Å². The van der Waals surface area contributed by atoms with Crippen molar-refractivity contribution < 1.29 is 18.0 Å². The lowest BCUT2D eigenvalue weighted by Crippen LogP contribution is -2.39. The van der Waals surface area contributed by atoms with E-state index in [1.807, 2.05) is 25.3 Å². The number of ketones is 2. The van der Waals surface area contributed by atoms with Gasteiger partial charge in [-0.1, -0.05) is 25.6 Å². The third-order valence-electron chi connectivity index (χ3n) is 4.59. The molecule has 1 aromatic heterocycles. The summed E-state index contributed by atoms with van der Waals surface area (Å²) in [4.78, 5) is 25.0. The fraction of sp³-hybridized carbons (Fsp3) is 0.474. The zero-order chi connectivity index (χ0) is 21.4. The van der Waals surface area contributed by atoms with Gasteiger partial charge in [0.15, 0.2) is 22.5 Å². The van der Waals surface area contributed by atoms with Crippen molar-refractivity contribution in [2.45, 2.75) is 50.6 Å². The van der Waals surface area contributed by atoms with Gasteiger partial charge in [-0.05, 0) is 36.6 Å². The van der Waals surface area contributed by atoms with Crippen molar-refractivity contribution in [3.8, 4) is 11.4 Å². The van der Waals surface area contributed by atoms with E-state index in [2.05, 4.69) is 14.9 Å². The first-order valence-corrected chi connectivity index (χ1v) is 12.0. The monoisotopic (exact) mass is 436 g/mol. The standard InChI is InChI=1S/C19H24N4O4S2/c1-5-23-17(12-6-8-13(9-7-12)22-29(4,26)27)20-21-18(23)28-16-14(24)10-19(2,3)11-15(16)25/h6-9,16,22H,5,10-11H2,1-4H3. The van der Waals surface area contributed by atoms with Gasteiger partial charge >= 0.3 is 0 Å². The average molecular weight is 437 g/mol. The summed E-state index contributed by atoms with van der Waals surface area (Å²) in [6.45, 7) is 6.36. The van der Waals surface area contributed by atoms with Gasteiger partial charge in [-0.25, -0.2) is 8.42 Å². The van der Waals surface area contributed by atoms with Gasteiger partial charge in [0.25, 0.3) is 0 Å². The van der Waals surface area contributed by atoms with E-state index in [1.54, 1.807) is 24.3 Å². The molecular weight excluding hydrogens is 412 g/mol. The Bertz CT molecular complexity index is 1020. The molecule has 1 aliphatic carbocycles. The topological polar surface area (TPSA) is 111 Å². The molecule has 10 heteroatoms. The smallest absolute Gasteiger partial charge is 0.229 e. The minimum Gasteiger partial charge on any atom is -0.302 e. The van der Waals surface area contributed by atoms with Crippen LogP contribution in [0.1, 0.15) is 33.6 Å². The van der Waals surface area contributed by atoms with Crippen molar-refractivity contribution in [3.05, 3.63) is 24.3 Å². The number of nitrogens with one attached hydrogen (secondary N) is 1. The summed E-state index contributed by atoms with van der Waals surface area (Å²) in [6.07, 6.45) is 1.84. The SMILES string of the molecule is CCn1c(SC2C(=O)CC(C)(C)CC2=O)nnc1-c1ccc(NS(C)(=O)=O)cc1. The highest BCUT2D eigenvalue weighted by Crippen LogP contribution is 2.38. The molecule has 1 fully saturated rings. The molecule has 29 heavy (non-hydrogen) atoms. The Morgan fingerprint density at radius 2 is 1.72 bits per heavy atom. The van der Waals surface area contributed by atoms with Gasteiger partial charge in [0.2, 0.25) is 10.0 Å². The number of rotatable bonds is 6. The Kier molecular flexibility index (Phi) is 5.86. The van der Waals surface area contributed by atoms with Crippen LogP contribution in [0.4, 0.5) is 5.69 Å². The number of carbonyl (C=O) groups excluding carboxylic acids is 2. The third-order valence-corrected chi connectivity index (χ3v) is 6.47. The van der Waals surface area contributed by atoms with Crippen LogP contribution in [0.2, 0.25) is 0 Å². The number of benzene rings is 1. The molecule has 0 spiro atoms. The first-order valence-electron chi connectivity index (χ1n) is 9.22. The van der Waals surface area contributed by atoms with Crippen LogP contribution in [0, 0.1) is 5.41 Å². The number of hydrogen-bond donors (Lipinski definition) is 1. The Balaban J connectivity index is 1.84. The summed E-state index contributed by atoms with van der Waals surface area (Å²) in [5, 5.41) is 8.22. The lowest BCUT2D eigenvalue weighted by atomic mass is 9.76. The maximum atomic E-state index is 12.5. The molecule has 1 heterocycles. The molecule has 0 bridgehead atoms. The highest BCUT2D eigenvalue weighted by Gasteiger charge is 2.41. The van der Waals surface area contributed by atoms with E-state index < -0.39 is 15.3 Å². The van der Waals surface area contributed by atoms with Crippen LogP contribution in [0.25, 0.3) is 11.4 Å². The summed E-state index contributed by atoms with van der Waals surface area (Å²) in [5.41, 5.74) is 0.915. The molecule has 0 aliphatic heterocycles. The molecular formula is C19H24N4O4S2. The summed E-state index contributed by atoms with van der Waals surface area (Å²) < 4.78 is 27.0. The van der Waals surface area contributed by atoms with Gasteiger partial charge < -0.3 is 4.57 Å². The fourth-order valence-electron chi connectivity index (χ4n) is 3.38. The van der Waals surface area contributed by atoms with Gasteiger partial charge in [0.05, 0.1) is 6.26 Å². The number of nitrogens with zero attached hydrogens (tertiary/aromatic N) is 3. The molecule has 1 N–H and O–H groups in total. The van der Waals surface area contributed by atoms with Crippen LogP contribution in [0.3, 0.4) is 0 Å². The van der Waals surface area contributed by atoms with Crippen molar-refractivity contribution in [3.63, 3.8) is 0 Å². The number of carbonyl (C=O) groups is 2. The number of thioether (sulfide) groups is 1. The van der Waals surface area contributed by atoms with Gasteiger partial charge in [-0.15, -0.1) is 10.2 Å². The Morgan fingerprint density at radius 1 is 1.14 bits per heavy atom. The number of aromatic nitrogens is 3. The van der Waals surface area contributed by atoms with E-state index in [0.717, 1.165) is 23.6 Å². The first-order chi connectivity index (χ1) is 13.5. The normalized spacial score (nSPS) is 17.5. The van der Waals surface area contributed by atoms with Crippen LogP contribution in [0.5, 0.6) is 0 Å². The second-order valence-electron chi connectivity index (χ2n) is 7.95. The van der Waals surface area contributed by atoms with E-state index in [4.69, 9.17) is 0 Å². The quantitative estimate of drug-likeness (QED) is 0.693. The molecule has 2 aromatic rings. The Morgan fingerprint density at radius 3 is 2.24 bits per heavy atom. The van der Waals surface area contributed by atoms with Crippen molar-refractivity contribution >= 4 is 39.0 Å². The molecule has 156 valence electrons.